The van der Waals surface area contributed by atoms with Crippen molar-refractivity contribution in [3.8, 4) is 11.8 Å². The Morgan fingerprint density at radius 3 is 3.00 bits per heavy atom. The summed E-state index contributed by atoms with van der Waals surface area (Å²) in [4.78, 5) is 25.5. The molecule has 0 bridgehead atoms. The van der Waals surface area contributed by atoms with Crippen LogP contribution in [0.1, 0.15) is 12.0 Å². The molecule has 0 saturated heterocycles. The average molecular weight is 241 g/mol. The Hall–Kier alpha value is -2.54. The van der Waals surface area contributed by atoms with E-state index in [-0.39, 0.29) is 17.8 Å². The molecular formula is C14H11NO3. The lowest BCUT2D eigenvalue weighted by atomic mass is 10.1. The molecule has 0 amide bonds. The first-order valence-corrected chi connectivity index (χ1v) is 5.38. The number of H-pyrrole nitrogens is 1. The molecule has 0 unspecified atom stereocenters. The molecule has 1 heterocycles. The third kappa shape index (κ3) is 2.58. The Kier molecular flexibility index (Phi) is 3.44. The summed E-state index contributed by atoms with van der Waals surface area (Å²) in [5.41, 5.74) is 1.41. The molecule has 2 rings (SSSR count). The second kappa shape index (κ2) is 5.19. The molecule has 0 aliphatic carbocycles. The van der Waals surface area contributed by atoms with Gasteiger partial charge in [0.25, 0.3) is 0 Å². The molecule has 90 valence electrons. The summed E-state index contributed by atoms with van der Waals surface area (Å²) in [5.74, 6) is 5.15. The minimum atomic E-state index is -0.374. The number of methoxy groups -OCH3 is 1. The van der Waals surface area contributed by atoms with E-state index in [1.165, 1.54) is 13.2 Å². The van der Waals surface area contributed by atoms with Crippen LogP contribution in [0.4, 0.5) is 0 Å². The van der Waals surface area contributed by atoms with Gasteiger partial charge in [0.05, 0.1) is 7.11 Å². The normalized spacial score (nSPS) is 9.61. The van der Waals surface area contributed by atoms with E-state index in [9.17, 15) is 9.59 Å². The van der Waals surface area contributed by atoms with E-state index in [4.69, 9.17) is 0 Å². The van der Waals surface area contributed by atoms with Gasteiger partial charge < -0.3 is 9.72 Å². The number of hydrogen-bond acceptors (Lipinski definition) is 3. The highest BCUT2D eigenvalue weighted by Gasteiger charge is 1.98. The van der Waals surface area contributed by atoms with Crippen molar-refractivity contribution in [3.63, 3.8) is 0 Å². The molecule has 0 spiro atoms. The van der Waals surface area contributed by atoms with Crippen LogP contribution in [-0.2, 0) is 9.53 Å². The average Bonchev–Trinajstić information content (AvgIpc) is 2.39. The van der Waals surface area contributed by atoms with Crippen LogP contribution in [0.25, 0.3) is 10.9 Å². The van der Waals surface area contributed by atoms with E-state index in [1.54, 1.807) is 24.4 Å². The van der Waals surface area contributed by atoms with Gasteiger partial charge in [-0.05, 0) is 18.2 Å². The Morgan fingerprint density at radius 2 is 2.22 bits per heavy atom. The van der Waals surface area contributed by atoms with Gasteiger partial charge in [-0.2, -0.15) is 0 Å². The largest absolute Gasteiger partial charge is 0.468 e. The molecule has 0 aliphatic rings. The van der Waals surface area contributed by atoms with Gasteiger partial charge in [0, 0.05) is 28.7 Å². The minimum Gasteiger partial charge on any atom is -0.468 e. The third-order valence-electron chi connectivity index (χ3n) is 2.45. The van der Waals surface area contributed by atoms with Crippen molar-refractivity contribution >= 4 is 16.9 Å². The van der Waals surface area contributed by atoms with Crippen molar-refractivity contribution in [1.82, 2.24) is 4.98 Å². The van der Waals surface area contributed by atoms with Gasteiger partial charge in [-0.15, -0.1) is 0 Å². The topological polar surface area (TPSA) is 59.2 Å². The highest BCUT2D eigenvalue weighted by molar-refractivity contribution is 5.80. The number of fused-ring (bicyclic) bond motifs is 1. The molecule has 4 nitrogen and oxygen atoms in total. The first-order chi connectivity index (χ1) is 8.70. The van der Waals surface area contributed by atoms with Gasteiger partial charge >= 0.3 is 5.97 Å². The van der Waals surface area contributed by atoms with Gasteiger partial charge in [0.1, 0.15) is 6.42 Å². The van der Waals surface area contributed by atoms with Crippen LogP contribution in [0.5, 0.6) is 0 Å². The smallest absolute Gasteiger partial charge is 0.317 e. The fourth-order valence-corrected chi connectivity index (χ4v) is 1.54. The lowest BCUT2D eigenvalue weighted by Crippen LogP contribution is -2.00. The summed E-state index contributed by atoms with van der Waals surface area (Å²) in [6.45, 7) is 0. The summed E-state index contributed by atoms with van der Waals surface area (Å²) in [5, 5.41) is 0.586. The number of pyridine rings is 1. The monoisotopic (exact) mass is 241 g/mol. The third-order valence-corrected chi connectivity index (χ3v) is 2.45. The number of ether oxygens (including phenoxy) is 1. The van der Waals surface area contributed by atoms with Crippen molar-refractivity contribution in [3.05, 3.63) is 46.2 Å². The second-order valence-electron chi connectivity index (χ2n) is 3.66. The molecule has 4 heteroatoms. The van der Waals surface area contributed by atoms with Crippen LogP contribution in [-0.4, -0.2) is 18.1 Å². The van der Waals surface area contributed by atoms with Crippen LogP contribution in [0.15, 0.2) is 35.3 Å². The molecule has 0 atom stereocenters. The van der Waals surface area contributed by atoms with Gasteiger partial charge in [0.2, 0.25) is 0 Å². The first-order valence-electron chi connectivity index (χ1n) is 5.38. The predicted octanol–water partition coefficient (Wildman–Crippen LogP) is 1.44. The highest BCUT2D eigenvalue weighted by Crippen LogP contribution is 2.08. The molecule has 1 N–H and O–H groups in total. The summed E-state index contributed by atoms with van der Waals surface area (Å²) >= 11 is 0. The fourth-order valence-electron chi connectivity index (χ4n) is 1.54. The summed E-state index contributed by atoms with van der Waals surface area (Å²) in [6, 6.07) is 6.76. The Morgan fingerprint density at radius 1 is 1.39 bits per heavy atom. The number of carbonyl (C=O) groups excluding carboxylic acids is 1. The van der Waals surface area contributed by atoms with Crippen molar-refractivity contribution in [2.24, 2.45) is 0 Å². The van der Waals surface area contributed by atoms with E-state index < -0.39 is 0 Å². The van der Waals surface area contributed by atoms with Gasteiger partial charge in [-0.1, -0.05) is 11.8 Å². The van der Waals surface area contributed by atoms with Crippen molar-refractivity contribution < 1.29 is 9.53 Å². The molecule has 2 aromatic rings. The van der Waals surface area contributed by atoms with E-state index in [2.05, 4.69) is 21.6 Å². The Balaban J connectivity index is 2.33. The molecule has 0 fully saturated rings. The maximum Gasteiger partial charge on any atom is 0.317 e. The highest BCUT2D eigenvalue weighted by atomic mass is 16.5. The molecule has 0 saturated carbocycles. The van der Waals surface area contributed by atoms with Gasteiger partial charge in [0.15, 0.2) is 5.43 Å². The number of carbonyl (C=O) groups is 1. The zero-order chi connectivity index (χ0) is 13.0. The van der Waals surface area contributed by atoms with Crippen LogP contribution in [0.3, 0.4) is 0 Å². The lowest BCUT2D eigenvalue weighted by Gasteiger charge is -1.97. The maximum atomic E-state index is 11.6. The van der Waals surface area contributed by atoms with Crippen molar-refractivity contribution in [2.75, 3.05) is 7.11 Å². The molecule has 1 aromatic carbocycles. The Labute approximate surface area is 104 Å². The predicted molar refractivity (Wildman–Crippen MR) is 68.1 cm³/mol. The SMILES string of the molecule is COC(=O)CC#Cc1ccc2[nH]ccc(=O)c2c1. The summed E-state index contributed by atoms with van der Waals surface area (Å²) in [7, 11) is 1.32. The summed E-state index contributed by atoms with van der Waals surface area (Å²) in [6.07, 6.45) is 1.65. The number of aromatic amines is 1. The second-order valence-corrected chi connectivity index (χ2v) is 3.66. The number of hydrogen-bond donors (Lipinski definition) is 1. The van der Waals surface area contributed by atoms with E-state index >= 15 is 0 Å². The van der Waals surface area contributed by atoms with Crippen molar-refractivity contribution in [1.29, 1.82) is 0 Å². The number of aromatic nitrogens is 1. The van der Waals surface area contributed by atoms with E-state index in [0.29, 0.717) is 10.9 Å². The minimum absolute atomic E-state index is 0.0414. The molecule has 0 aliphatic heterocycles. The number of esters is 1. The zero-order valence-electron chi connectivity index (χ0n) is 9.82. The van der Waals surface area contributed by atoms with Crippen LogP contribution in [0, 0.1) is 11.8 Å². The number of benzene rings is 1. The summed E-state index contributed by atoms with van der Waals surface area (Å²) < 4.78 is 4.48. The molecule has 18 heavy (non-hydrogen) atoms. The molecule has 1 aromatic heterocycles. The van der Waals surface area contributed by atoms with Crippen molar-refractivity contribution in [2.45, 2.75) is 6.42 Å². The number of nitrogens with one attached hydrogen (secondary N) is 1. The quantitative estimate of drug-likeness (QED) is 0.607. The van der Waals surface area contributed by atoms with E-state index in [1.807, 2.05) is 0 Å². The first kappa shape index (κ1) is 11.9. The van der Waals surface area contributed by atoms with Gasteiger partial charge in [-0.25, -0.2) is 0 Å². The van der Waals surface area contributed by atoms with E-state index in [0.717, 1.165) is 5.52 Å². The standard InChI is InChI=1S/C14H11NO3/c1-18-14(17)4-2-3-10-5-6-12-11(9-10)13(16)7-8-15-12/h5-9H,4H2,1H3,(H,15,16). The van der Waals surface area contributed by atoms with Gasteiger partial charge in [-0.3, -0.25) is 9.59 Å². The zero-order valence-corrected chi connectivity index (χ0v) is 9.82. The molecule has 0 radical (unpaired) electrons. The number of rotatable bonds is 1. The van der Waals surface area contributed by atoms with Crippen LogP contribution < -0.4 is 5.43 Å². The lowest BCUT2D eigenvalue weighted by molar-refractivity contribution is -0.139. The van der Waals surface area contributed by atoms with Crippen LogP contribution >= 0.6 is 0 Å². The maximum absolute atomic E-state index is 11.6. The van der Waals surface area contributed by atoms with Crippen LogP contribution in [0.2, 0.25) is 0 Å². The molecular weight excluding hydrogens is 230 g/mol. The fraction of sp³-hybridized carbons (Fsp3) is 0.143. The Bertz CT molecular complexity index is 704.